The van der Waals surface area contributed by atoms with Crippen molar-refractivity contribution in [3.63, 3.8) is 0 Å². The van der Waals surface area contributed by atoms with Crippen molar-refractivity contribution in [2.75, 3.05) is 13.7 Å². The van der Waals surface area contributed by atoms with E-state index in [4.69, 9.17) is 4.74 Å². The third-order valence-electron chi connectivity index (χ3n) is 2.71. The minimum atomic E-state index is 0.0982. The lowest BCUT2D eigenvalue weighted by Gasteiger charge is -2.19. The average Bonchev–Trinajstić information content (AvgIpc) is 2.94. The second kappa shape index (κ2) is 6.47. The summed E-state index contributed by atoms with van der Waals surface area (Å²) in [6, 6.07) is 8.15. The van der Waals surface area contributed by atoms with E-state index in [9.17, 15) is 0 Å². The van der Waals surface area contributed by atoms with E-state index >= 15 is 0 Å². The van der Waals surface area contributed by atoms with Gasteiger partial charge in [0.2, 0.25) is 0 Å². The molecule has 0 radical (unpaired) electrons. The van der Waals surface area contributed by atoms with Gasteiger partial charge in [-0.1, -0.05) is 29.6 Å². The van der Waals surface area contributed by atoms with Crippen LogP contribution in [0.15, 0.2) is 30.5 Å². The van der Waals surface area contributed by atoms with E-state index in [1.54, 1.807) is 7.11 Å². The normalized spacial score (nSPS) is 12.3. The molecule has 0 bridgehead atoms. The zero-order valence-electron chi connectivity index (χ0n) is 10.6. The quantitative estimate of drug-likeness (QED) is 0.870. The molecule has 0 amide bonds. The Labute approximate surface area is 111 Å². The molecule has 1 N–H and O–H groups in total. The van der Waals surface area contributed by atoms with E-state index in [2.05, 4.69) is 27.9 Å². The van der Waals surface area contributed by atoms with Gasteiger partial charge in [-0.2, -0.15) is 0 Å². The smallest absolute Gasteiger partial charge is 0.124 e. The van der Waals surface area contributed by atoms with Gasteiger partial charge in [-0.3, -0.25) is 0 Å². The molecule has 1 unspecified atom stereocenters. The molecule has 0 saturated heterocycles. The predicted octanol–water partition coefficient (Wildman–Crippen LogP) is 2.64. The second-order valence-corrected chi connectivity index (χ2v) is 4.77. The molecule has 0 spiro atoms. The Morgan fingerprint density at radius 3 is 2.89 bits per heavy atom. The van der Waals surface area contributed by atoms with Gasteiger partial charge in [-0.25, -0.2) is 0 Å². The highest BCUT2D eigenvalue weighted by molar-refractivity contribution is 7.05. The van der Waals surface area contributed by atoms with Crippen molar-refractivity contribution in [1.29, 1.82) is 0 Å². The van der Waals surface area contributed by atoms with Crippen LogP contribution in [0.4, 0.5) is 0 Å². The van der Waals surface area contributed by atoms with Gasteiger partial charge in [0, 0.05) is 5.56 Å². The molecule has 18 heavy (non-hydrogen) atoms. The number of nitrogens with one attached hydrogen (secondary N) is 1. The number of rotatable bonds is 6. The molecule has 1 heterocycles. The highest BCUT2D eigenvalue weighted by atomic mass is 32.1. The summed E-state index contributed by atoms with van der Waals surface area (Å²) < 4.78 is 9.37. The molecule has 0 saturated carbocycles. The van der Waals surface area contributed by atoms with Crippen LogP contribution in [0.5, 0.6) is 5.75 Å². The minimum absolute atomic E-state index is 0.0982. The van der Waals surface area contributed by atoms with E-state index in [1.165, 1.54) is 11.5 Å². The van der Waals surface area contributed by atoms with Crippen molar-refractivity contribution in [2.24, 2.45) is 0 Å². The maximum atomic E-state index is 5.43. The summed E-state index contributed by atoms with van der Waals surface area (Å²) in [6.07, 6.45) is 2.89. The van der Waals surface area contributed by atoms with Crippen molar-refractivity contribution in [3.8, 4) is 5.75 Å². The number of hydrogen-bond donors (Lipinski definition) is 1. The molecule has 0 aliphatic heterocycles. The van der Waals surface area contributed by atoms with Gasteiger partial charge in [0.1, 0.15) is 5.75 Å². The third-order valence-corrected chi connectivity index (χ3v) is 3.44. The number of aromatic nitrogens is 2. The van der Waals surface area contributed by atoms with Gasteiger partial charge in [-0.05, 0) is 30.6 Å². The number of benzene rings is 1. The Morgan fingerprint density at radius 2 is 2.22 bits per heavy atom. The Morgan fingerprint density at radius 1 is 1.39 bits per heavy atom. The summed E-state index contributed by atoms with van der Waals surface area (Å²) in [5.41, 5.74) is 1.12. The Kier molecular flexibility index (Phi) is 4.66. The first-order valence-corrected chi connectivity index (χ1v) is 6.77. The van der Waals surface area contributed by atoms with E-state index < -0.39 is 0 Å². The summed E-state index contributed by atoms with van der Waals surface area (Å²) in [7, 11) is 1.70. The van der Waals surface area contributed by atoms with Gasteiger partial charge in [-0.15, -0.1) is 5.10 Å². The Bertz CT molecular complexity index is 473. The minimum Gasteiger partial charge on any atom is -0.496 e. The van der Waals surface area contributed by atoms with Crippen molar-refractivity contribution in [3.05, 3.63) is 40.9 Å². The first-order chi connectivity index (χ1) is 8.86. The molecule has 0 fully saturated rings. The molecule has 0 aliphatic carbocycles. The third kappa shape index (κ3) is 2.86. The van der Waals surface area contributed by atoms with Crippen LogP contribution in [-0.4, -0.2) is 23.2 Å². The monoisotopic (exact) mass is 263 g/mol. The molecular weight excluding hydrogens is 246 g/mol. The van der Waals surface area contributed by atoms with Crippen molar-refractivity contribution >= 4 is 11.5 Å². The lowest BCUT2D eigenvalue weighted by molar-refractivity contribution is 0.404. The zero-order valence-corrected chi connectivity index (χ0v) is 11.4. The molecule has 4 nitrogen and oxygen atoms in total. The summed E-state index contributed by atoms with van der Waals surface area (Å²) in [5, 5.41) is 7.43. The maximum Gasteiger partial charge on any atom is 0.124 e. The van der Waals surface area contributed by atoms with Crippen molar-refractivity contribution < 1.29 is 4.74 Å². The summed E-state index contributed by atoms with van der Waals surface area (Å²) in [6.45, 7) is 3.10. The van der Waals surface area contributed by atoms with Crippen LogP contribution in [0.1, 0.15) is 29.8 Å². The molecular formula is C13H17N3OS. The first-order valence-electron chi connectivity index (χ1n) is 6.00. The number of methoxy groups -OCH3 is 1. The SMILES string of the molecule is CCCNC(c1cnns1)c1ccccc1OC. The second-order valence-electron chi connectivity index (χ2n) is 3.95. The number of nitrogens with zero attached hydrogens (tertiary/aromatic N) is 2. The van der Waals surface area contributed by atoms with Crippen molar-refractivity contribution in [2.45, 2.75) is 19.4 Å². The number of ether oxygens (including phenoxy) is 1. The summed E-state index contributed by atoms with van der Waals surface area (Å²) >= 11 is 1.42. The largest absolute Gasteiger partial charge is 0.496 e. The van der Waals surface area contributed by atoms with Crippen LogP contribution < -0.4 is 10.1 Å². The molecule has 1 aromatic heterocycles. The fourth-order valence-electron chi connectivity index (χ4n) is 1.86. The van der Waals surface area contributed by atoms with E-state index in [1.807, 2.05) is 24.4 Å². The van der Waals surface area contributed by atoms with Crippen LogP contribution in [0.2, 0.25) is 0 Å². The van der Waals surface area contributed by atoms with E-state index in [0.717, 1.165) is 29.2 Å². The van der Waals surface area contributed by atoms with Crippen LogP contribution in [0.25, 0.3) is 0 Å². The van der Waals surface area contributed by atoms with Crippen molar-refractivity contribution in [1.82, 2.24) is 14.9 Å². The van der Waals surface area contributed by atoms with Gasteiger partial charge >= 0.3 is 0 Å². The Balaban J connectivity index is 2.33. The summed E-state index contributed by atoms with van der Waals surface area (Å²) in [5.74, 6) is 0.888. The molecule has 2 aromatic rings. The van der Waals surface area contributed by atoms with Gasteiger partial charge in [0.15, 0.2) is 0 Å². The van der Waals surface area contributed by atoms with Crippen LogP contribution in [-0.2, 0) is 0 Å². The van der Waals surface area contributed by atoms with E-state index in [-0.39, 0.29) is 6.04 Å². The van der Waals surface area contributed by atoms with Gasteiger partial charge < -0.3 is 10.1 Å². The number of para-hydroxylation sites is 1. The molecule has 96 valence electrons. The van der Waals surface area contributed by atoms with E-state index in [0.29, 0.717) is 0 Å². The lowest BCUT2D eigenvalue weighted by Crippen LogP contribution is -2.22. The van der Waals surface area contributed by atoms with Crippen LogP contribution in [0, 0.1) is 0 Å². The topological polar surface area (TPSA) is 47.0 Å². The molecule has 1 aromatic carbocycles. The predicted molar refractivity (Wildman–Crippen MR) is 73.0 cm³/mol. The average molecular weight is 263 g/mol. The highest BCUT2D eigenvalue weighted by Crippen LogP contribution is 2.30. The fraction of sp³-hybridized carbons (Fsp3) is 0.385. The standard InChI is InChI=1S/C13H17N3OS/c1-3-8-14-13(12-9-15-16-18-12)10-6-4-5-7-11(10)17-2/h4-7,9,13-14H,3,8H2,1-2H3. The Hall–Kier alpha value is -1.46. The van der Waals surface area contributed by atoms with Gasteiger partial charge in [0.25, 0.3) is 0 Å². The summed E-state index contributed by atoms with van der Waals surface area (Å²) in [4.78, 5) is 1.10. The molecule has 0 aliphatic rings. The van der Waals surface area contributed by atoms with Gasteiger partial charge in [0.05, 0.1) is 24.2 Å². The zero-order chi connectivity index (χ0) is 12.8. The van der Waals surface area contributed by atoms with Crippen LogP contribution in [0.3, 0.4) is 0 Å². The highest BCUT2D eigenvalue weighted by Gasteiger charge is 2.19. The molecule has 1 atom stereocenters. The van der Waals surface area contributed by atoms with Crippen LogP contribution >= 0.6 is 11.5 Å². The number of hydrogen-bond acceptors (Lipinski definition) is 5. The first kappa shape index (κ1) is 13.0. The maximum absolute atomic E-state index is 5.43. The molecule has 2 rings (SSSR count). The fourth-order valence-corrected chi connectivity index (χ4v) is 2.46. The lowest BCUT2D eigenvalue weighted by atomic mass is 10.0. The molecule has 5 heteroatoms.